The van der Waals surface area contributed by atoms with Gasteiger partial charge in [-0.15, -0.1) is 12.4 Å². The highest BCUT2D eigenvalue weighted by atomic mass is 35.5. The van der Waals surface area contributed by atoms with Crippen LogP contribution >= 0.6 is 12.4 Å². The van der Waals surface area contributed by atoms with Crippen LogP contribution < -0.4 is 5.73 Å². The number of unbranched alkanes of at least 4 members (excludes halogenated alkanes) is 1. The van der Waals surface area contributed by atoms with E-state index >= 15 is 0 Å². The number of nitrogens with zero attached hydrogens (tertiary/aromatic N) is 1. The van der Waals surface area contributed by atoms with E-state index in [1.807, 2.05) is 37.3 Å². The molecular formula is C14H23ClN2O2S. The third-order valence-corrected chi connectivity index (χ3v) is 5.60. The van der Waals surface area contributed by atoms with Crippen molar-refractivity contribution in [1.82, 2.24) is 4.31 Å². The summed E-state index contributed by atoms with van der Waals surface area (Å²) in [4.78, 5) is 0. The molecule has 4 nitrogen and oxygen atoms in total. The number of hydrogen-bond acceptors (Lipinski definition) is 3. The van der Waals surface area contributed by atoms with Crippen molar-refractivity contribution in [2.24, 2.45) is 5.73 Å². The maximum Gasteiger partial charge on any atom is 0.214 e. The zero-order valence-corrected chi connectivity index (χ0v) is 13.4. The lowest BCUT2D eigenvalue weighted by atomic mass is 9.95. The number of rotatable bonds is 5. The van der Waals surface area contributed by atoms with Gasteiger partial charge in [-0.1, -0.05) is 43.7 Å². The van der Waals surface area contributed by atoms with Gasteiger partial charge in [0.15, 0.2) is 0 Å². The Labute approximate surface area is 127 Å². The SMILES string of the molecule is CCCCS(=O)(=O)N1C[C@@H](N)[C@H](c2ccccc2)C1.Cl. The summed E-state index contributed by atoms with van der Waals surface area (Å²) in [7, 11) is -3.14. The summed E-state index contributed by atoms with van der Waals surface area (Å²) in [6.45, 7) is 2.95. The lowest BCUT2D eigenvalue weighted by Crippen LogP contribution is -2.33. The van der Waals surface area contributed by atoms with E-state index in [1.54, 1.807) is 4.31 Å². The van der Waals surface area contributed by atoms with Crippen LogP contribution in [0, 0.1) is 0 Å². The molecule has 0 saturated carbocycles. The molecule has 0 amide bonds. The third kappa shape index (κ3) is 3.95. The Morgan fingerprint density at radius 2 is 1.90 bits per heavy atom. The highest BCUT2D eigenvalue weighted by molar-refractivity contribution is 7.89. The lowest BCUT2D eigenvalue weighted by Gasteiger charge is -2.16. The number of halogens is 1. The normalized spacial score (nSPS) is 23.5. The fourth-order valence-electron chi connectivity index (χ4n) is 2.53. The topological polar surface area (TPSA) is 63.4 Å². The molecule has 1 aliphatic rings. The molecule has 1 heterocycles. The van der Waals surface area contributed by atoms with Crippen molar-refractivity contribution < 1.29 is 8.42 Å². The van der Waals surface area contributed by atoms with E-state index in [-0.39, 0.29) is 30.1 Å². The van der Waals surface area contributed by atoms with Gasteiger partial charge in [-0.3, -0.25) is 0 Å². The van der Waals surface area contributed by atoms with Gasteiger partial charge >= 0.3 is 0 Å². The molecule has 20 heavy (non-hydrogen) atoms. The molecule has 1 aliphatic heterocycles. The highest BCUT2D eigenvalue weighted by Crippen LogP contribution is 2.28. The van der Waals surface area contributed by atoms with E-state index in [9.17, 15) is 8.42 Å². The summed E-state index contributed by atoms with van der Waals surface area (Å²) < 4.78 is 25.9. The standard InChI is InChI=1S/C14H22N2O2S.ClH/c1-2-3-9-19(17,18)16-10-13(14(15)11-16)12-7-5-4-6-8-12;/h4-8,13-14H,2-3,9-11,15H2,1H3;1H/t13-,14+;/m0./s1. The van der Waals surface area contributed by atoms with E-state index in [0.717, 1.165) is 12.0 Å². The Kier molecular flexibility index (Phi) is 6.45. The zero-order valence-electron chi connectivity index (χ0n) is 11.7. The number of benzene rings is 1. The first-order chi connectivity index (χ1) is 9.04. The molecule has 2 rings (SSSR count). The van der Waals surface area contributed by atoms with Crippen LogP contribution in [0.5, 0.6) is 0 Å². The summed E-state index contributed by atoms with van der Waals surface area (Å²) in [6.07, 6.45) is 1.60. The summed E-state index contributed by atoms with van der Waals surface area (Å²) in [5, 5.41) is 0. The smallest absolute Gasteiger partial charge is 0.214 e. The molecule has 1 aromatic rings. The first kappa shape index (κ1) is 17.4. The lowest BCUT2D eigenvalue weighted by molar-refractivity contribution is 0.468. The highest BCUT2D eigenvalue weighted by Gasteiger charge is 2.36. The summed E-state index contributed by atoms with van der Waals surface area (Å²) in [6, 6.07) is 9.82. The monoisotopic (exact) mass is 318 g/mol. The third-order valence-electron chi connectivity index (χ3n) is 3.71. The van der Waals surface area contributed by atoms with Crippen LogP contribution in [-0.2, 0) is 10.0 Å². The Hall–Kier alpha value is -0.620. The quantitative estimate of drug-likeness (QED) is 0.902. The fourth-order valence-corrected chi connectivity index (χ4v) is 4.23. The van der Waals surface area contributed by atoms with Crippen LogP contribution in [-0.4, -0.2) is 37.6 Å². The molecule has 0 aliphatic carbocycles. The van der Waals surface area contributed by atoms with Crippen LogP contribution in [0.2, 0.25) is 0 Å². The largest absolute Gasteiger partial charge is 0.326 e. The average molecular weight is 319 g/mol. The minimum Gasteiger partial charge on any atom is -0.326 e. The average Bonchev–Trinajstić information content (AvgIpc) is 2.80. The number of nitrogens with two attached hydrogens (primary N) is 1. The van der Waals surface area contributed by atoms with Crippen molar-refractivity contribution in [3.05, 3.63) is 35.9 Å². The molecule has 0 bridgehead atoms. The van der Waals surface area contributed by atoms with Crippen molar-refractivity contribution in [3.63, 3.8) is 0 Å². The molecule has 0 unspecified atom stereocenters. The van der Waals surface area contributed by atoms with Gasteiger partial charge in [0.2, 0.25) is 10.0 Å². The molecule has 0 spiro atoms. The summed E-state index contributed by atoms with van der Waals surface area (Å²) in [5.41, 5.74) is 7.25. The van der Waals surface area contributed by atoms with Crippen LogP contribution in [0.3, 0.4) is 0 Å². The van der Waals surface area contributed by atoms with Gasteiger partial charge in [-0.05, 0) is 12.0 Å². The van der Waals surface area contributed by atoms with E-state index in [4.69, 9.17) is 5.73 Å². The Balaban J connectivity index is 0.00000200. The van der Waals surface area contributed by atoms with Gasteiger partial charge in [-0.2, -0.15) is 4.31 Å². The molecule has 1 saturated heterocycles. The minimum atomic E-state index is -3.14. The molecule has 0 aromatic heterocycles. The van der Waals surface area contributed by atoms with Gasteiger partial charge < -0.3 is 5.73 Å². The summed E-state index contributed by atoms with van der Waals surface area (Å²) in [5.74, 6) is 0.343. The predicted octanol–water partition coefficient (Wildman–Crippen LogP) is 1.96. The van der Waals surface area contributed by atoms with Gasteiger partial charge in [0, 0.05) is 25.0 Å². The maximum absolute atomic E-state index is 12.2. The Bertz CT molecular complexity index is 507. The van der Waals surface area contributed by atoms with Gasteiger partial charge in [0.1, 0.15) is 0 Å². The van der Waals surface area contributed by atoms with Crippen molar-refractivity contribution in [3.8, 4) is 0 Å². The van der Waals surface area contributed by atoms with E-state index < -0.39 is 10.0 Å². The molecule has 1 fully saturated rings. The second-order valence-corrected chi connectivity index (χ2v) is 7.26. The second kappa shape index (κ2) is 7.41. The molecule has 0 radical (unpaired) electrons. The van der Waals surface area contributed by atoms with Crippen LogP contribution in [0.1, 0.15) is 31.2 Å². The van der Waals surface area contributed by atoms with Gasteiger partial charge in [-0.25, -0.2) is 8.42 Å². The van der Waals surface area contributed by atoms with Crippen molar-refractivity contribution in [1.29, 1.82) is 0 Å². The molecule has 114 valence electrons. The van der Waals surface area contributed by atoms with Crippen molar-refractivity contribution in [2.45, 2.75) is 31.7 Å². The zero-order chi connectivity index (χ0) is 13.9. The molecule has 2 atom stereocenters. The van der Waals surface area contributed by atoms with Crippen LogP contribution in [0.4, 0.5) is 0 Å². The maximum atomic E-state index is 12.2. The van der Waals surface area contributed by atoms with E-state index in [0.29, 0.717) is 19.5 Å². The molecular weight excluding hydrogens is 296 g/mol. The summed E-state index contributed by atoms with van der Waals surface area (Å²) >= 11 is 0. The predicted molar refractivity (Wildman–Crippen MR) is 84.7 cm³/mol. The molecule has 6 heteroatoms. The first-order valence-electron chi connectivity index (χ1n) is 6.83. The molecule has 1 aromatic carbocycles. The van der Waals surface area contributed by atoms with Crippen LogP contribution in [0.25, 0.3) is 0 Å². The second-order valence-electron chi connectivity index (χ2n) is 5.17. The molecule has 2 N–H and O–H groups in total. The van der Waals surface area contributed by atoms with Crippen molar-refractivity contribution in [2.75, 3.05) is 18.8 Å². The van der Waals surface area contributed by atoms with E-state index in [1.165, 1.54) is 0 Å². The number of hydrogen-bond donors (Lipinski definition) is 1. The minimum absolute atomic E-state index is 0. The first-order valence-corrected chi connectivity index (χ1v) is 8.44. The van der Waals surface area contributed by atoms with Gasteiger partial charge in [0.05, 0.1) is 5.75 Å². The van der Waals surface area contributed by atoms with Crippen LogP contribution in [0.15, 0.2) is 30.3 Å². The number of sulfonamides is 1. The Morgan fingerprint density at radius 1 is 1.25 bits per heavy atom. The Morgan fingerprint density at radius 3 is 2.50 bits per heavy atom. The fraction of sp³-hybridized carbons (Fsp3) is 0.571. The van der Waals surface area contributed by atoms with Crippen molar-refractivity contribution >= 4 is 22.4 Å². The van der Waals surface area contributed by atoms with E-state index in [2.05, 4.69) is 0 Å². The van der Waals surface area contributed by atoms with Gasteiger partial charge in [0.25, 0.3) is 0 Å².